The number of aliphatic hydroxyl groups is 1. The van der Waals surface area contributed by atoms with E-state index >= 15 is 0 Å². The van der Waals surface area contributed by atoms with Gasteiger partial charge in [0.25, 0.3) is 0 Å². The Labute approximate surface area is 97.5 Å². The second kappa shape index (κ2) is 3.59. The summed E-state index contributed by atoms with van der Waals surface area (Å²) in [6.07, 6.45) is 7.14. The van der Waals surface area contributed by atoms with E-state index in [2.05, 4.69) is 18.2 Å². The normalized spacial score (nSPS) is 22.9. The summed E-state index contributed by atoms with van der Waals surface area (Å²) in [4.78, 5) is 0. The van der Waals surface area contributed by atoms with E-state index in [1.165, 1.54) is 37.7 Å². The van der Waals surface area contributed by atoms with Crippen LogP contribution in [0.1, 0.15) is 42.9 Å². The molecule has 1 fully saturated rings. The molecule has 1 unspecified atom stereocenters. The molecule has 3 rings (SSSR count). The molecule has 86 valence electrons. The molecule has 1 atom stereocenters. The van der Waals surface area contributed by atoms with Crippen molar-refractivity contribution in [2.24, 2.45) is 5.41 Å². The van der Waals surface area contributed by atoms with Crippen molar-refractivity contribution in [3.05, 3.63) is 34.9 Å². The fourth-order valence-electron chi connectivity index (χ4n) is 3.04. The van der Waals surface area contributed by atoms with Crippen LogP contribution in [0.5, 0.6) is 0 Å². The first-order valence-electron chi connectivity index (χ1n) is 6.48. The van der Waals surface area contributed by atoms with Crippen LogP contribution in [0, 0.1) is 5.41 Å². The lowest BCUT2D eigenvalue weighted by molar-refractivity contribution is 0.110. The highest BCUT2D eigenvalue weighted by Gasteiger charge is 2.46. The van der Waals surface area contributed by atoms with Gasteiger partial charge in [0.15, 0.2) is 0 Å². The minimum atomic E-state index is -0.152. The molecule has 16 heavy (non-hydrogen) atoms. The van der Waals surface area contributed by atoms with Gasteiger partial charge in [-0.2, -0.15) is 0 Å². The van der Waals surface area contributed by atoms with Gasteiger partial charge in [-0.1, -0.05) is 18.2 Å². The largest absolute Gasteiger partial charge is 0.393 e. The SMILES string of the molecule is CC(O)C1(Cc2ccc3c(c2)CCC3)CC1. The van der Waals surface area contributed by atoms with Crippen LogP contribution in [0.15, 0.2) is 18.2 Å². The van der Waals surface area contributed by atoms with Crippen molar-refractivity contribution in [2.45, 2.75) is 51.6 Å². The van der Waals surface area contributed by atoms with E-state index in [4.69, 9.17) is 0 Å². The smallest absolute Gasteiger partial charge is 0.0571 e. The first kappa shape index (κ1) is 10.3. The molecule has 0 radical (unpaired) electrons. The van der Waals surface area contributed by atoms with Crippen molar-refractivity contribution >= 4 is 0 Å². The van der Waals surface area contributed by atoms with Crippen LogP contribution < -0.4 is 0 Å². The first-order chi connectivity index (χ1) is 7.70. The zero-order valence-corrected chi connectivity index (χ0v) is 10.00. The highest BCUT2D eigenvalue weighted by Crippen LogP contribution is 2.51. The molecule has 1 N–H and O–H groups in total. The van der Waals surface area contributed by atoms with Crippen molar-refractivity contribution in [3.63, 3.8) is 0 Å². The number of aryl methyl sites for hydroxylation is 2. The standard InChI is InChI=1S/C15H20O/c1-11(16)15(7-8-15)10-12-5-6-13-3-2-4-14(13)9-12/h5-6,9,11,16H,2-4,7-8,10H2,1H3. The van der Waals surface area contributed by atoms with Crippen molar-refractivity contribution < 1.29 is 5.11 Å². The Morgan fingerprint density at radius 3 is 2.69 bits per heavy atom. The molecule has 1 nitrogen and oxygen atoms in total. The van der Waals surface area contributed by atoms with Gasteiger partial charge in [-0.3, -0.25) is 0 Å². The van der Waals surface area contributed by atoms with Gasteiger partial charge in [0.2, 0.25) is 0 Å². The minimum Gasteiger partial charge on any atom is -0.393 e. The Bertz CT molecular complexity index is 402. The number of fused-ring (bicyclic) bond motifs is 1. The summed E-state index contributed by atoms with van der Waals surface area (Å²) in [6.45, 7) is 1.94. The summed E-state index contributed by atoms with van der Waals surface area (Å²) >= 11 is 0. The van der Waals surface area contributed by atoms with Crippen LogP contribution in [0.25, 0.3) is 0 Å². The average Bonchev–Trinajstić information content (AvgIpc) is 2.90. The Kier molecular flexibility index (Phi) is 2.32. The van der Waals surface area contributed by atoms with Crippen LogP contribution in [0.2, 0.25) is 0 Å². The zero-order valence-electron chi connectivity index (χ0n) is 10.00. The molecule has 1 heteroatoms. The lowest BCUT2D eigenvalue weighted by atomic mass is 9.90. The van der Waals surface area contributed by atoms with Crippen LogP contribution in [-0.2, 0) is 19.3 Å². The van der Waals surface area contributed by atoms with Crippen LogP contribution in [0.4, 0.5) is 0 Å². The third-order valence-electron chi connectivity index (χ3n) is 4.50. The number of hydrogen-bond donors (Lipinski definition) is 1. The van der Waals surface area contributed by atoms with Crippen molar-refractivity contribution in [3.8, 4) is 0 Å². The third kappa shape index (κ3) is 1.67. The van der Waals surface area contributed by atoms with Crippen LogP contribution >= 0.6 is 0 Å². The lowest BCUT2D eigenvalue weighted by Gasteiger charge is -2.18. The van der Waals surface area contributed by atoms with E-state index in [1.807, 2.05) is 6.92 Å². The van der Waals surface area contributed by atoms with Gasteiger partial charge in [0.05, 0.1) is 6.10 Å². The summed E-state index contributed by atoms with van der Waals surface area (Å²) < 4.78 is 0. The monoisotopic (exact) mass is 216 g/mol. The molecule has 0 heterocycles. The molecular weight excluding hydrogens is 196 g/mol. The molecule has 0 aliphatic heterocycles. The van der Waals surface area contributed by atoms with Crippen molar-refractivity contribution in [1.82, 2.24) is 0 Å². The van der Waals surface area contributed by atoms with Gasteiger partial charge in [0.1, 0.15) is 0 Å². The van der Waals surface area contributed by atoms with Gasteiger partial charge in [-0.15, -0.1) is 0 Å². The van der Waals surface area contributed by atoms with E-state index in [-0.39, 0.29) is 11.5 Å². The van der Waals surface area contributed by atoms with Gasteiger partial charge in [0, 0.05) is 5.41 Å². The molecule has 0 bridgehead atoms. The molecule has 1 saturated carbocycles. The first-order valence-corrected chi connectivity index (χ1v) is 6.48. The quantitative estimate of drug-likeness (QED) is 0.823. The summed E-state index contributed by atoms with van der Waals surface area (Å²) in [6, 6.07) is 6.95. The lowest BCUT2D eigenvalue weighted by Crippen LogP contribution is -2.20. The second-order valence-corrected chi connectivity index (χ2v) is 5.67. The van der Waals surface area contributed by atoms with Gasteiger partial charge < -0.3 is 5.11 Å². The zero-order chi connectivity index (χ0) is 11.2. The van der Waals surface area contributed by atoms with E-state index in [9.17, 15) is 5.11 Å². The molecule has 1 aromatic carbocycles. The molecule has 0 aromatic heterocycles. The maximum Gasteiger partial charge on any atom is 0.0571 e. The molecular formula is C15H20O. The number of benzene rings is 1. The highest BCUT2D eigenvalue weighted by molar-refractivity contribution is 5.36. The second-order valence-electron chi connectivity index (χ2n) is 5.67. The third-order valence-corrected chi connectivity index (χ3v) is 4.50. The van der Waals surface area contributed by atoms with E-state index in [0.717, 1.165) is 6.42 Å². The topological polar surface area (TPSA) is 20.2 Å². The molecule has 0 saturated heterocycles. The van der Waals surface area contributed by atoms with E-state index in [1.54, 1.807) is 11.1 Å². The van der Waals surface area contributed by atoms with Crippen molar-refractivity contribution in [1.29, 1.82) is 0 Å². The fraction of sp³-hybridized carbons (Fsp3) is 0.600. The Morgan fingerprint density at radius 2 is 2.00 bits per heavy atom. The number of hydrogen-bond acceptors (Lipinski definition) is 1. The maximum absolute atomic E-state index is 9.80. The molecule has 0 spiro atoms. The van der Waals surface area contributed by atoms with Gasteiger partial charge in [-0.05, 0) is 62.1 Å². The molecule has 0 amide bonds. The Morgan fingerprint density at radius 1 is 1.25 bits per heavy atom. The summed E-state index contributed by atoms with van der Waals surface area (Å²) in [7, 11) is 0. The number of aliphatic hydroxyl groups excluding tert-OH is 1. The van der Waals surface area contributed by atoms with E-state index < -0.39 is 0 Å². The molecule has 2 aliphatic rings. The average molecular weight is 216 g/mol. The summed E-state index contributed by atoms with van der Waals surface area (Å²) in [5.41, 5.74) is 4.75. The summed E-state index contributed by atoms with van der Waals surface area (Å²) in [5, 5.41) is 9.80. The van der Waals surface area contributed by atoms with E-state index in [0.29, 0.717) is 0 Å². The fourth-order valence-corrected chi connectivity index (χ4v) is 3.04. The van der Waals surface area contributed by atoms with Crippen LogP contribution in [0.3, 0.4) is 0 Å². The highest BCUT2D eigenvalue weighted by atomic mass is 16.3. The minimum absolute atomic E-state index is 0.152. The Hall–Kier alpha value is -0.820. The Balaban J connectivity index is 1.81. The van der Waals surface area contributed by atoms with Crippen molar-refractivity contribution in [2.75, 3.05) is 0 Å². The maximum atomic E-state index is 9.80. The van der Waals surface area contributed by atoms with Crippen LogP contribution in [-0.4, -0.2) is 11.2 Å². The summed E-state index contributed by atoms with van der Waals surface area (Å²) in [5.74, 6) is 0. The predicted octanol–water partition coefficient (Wildman–Crippen LogP) is 2.88. The predicted molar refractivity (Wildman–Crippen MR) is 65.5 cm³/mol. The molecule has 1 aromatic rings. The van der Waals surface area contributed by atoms with Gasteiger partial charge in [-0.25, -0.2) is 0 Å². The van der Waals surface area contributed by atoms with Gasteiger partial charge >= 0.3 is 0 Å². The number of rotatable bonds is 3. The molecule has 2 aliphatic carbocycles.